The van der Waals surface area contributed by atoms with Gasteiger partial charge >= 0.3 is 6.09 Å². The lowest BCUT2D eigenvalue weighted by atomic mass is 10.1. The number of carbonyl (C=O) groups is 2. The maximum atomic E-state index is 12.0. The normalized spacial score (nSPS) is 14.0. The second kappa shape index (κ2) is 6.30. The van der Waals surface area contributed by atoms with Crippen LogP contribution in [0, 0.1) is 0 Å². The van der Waals surface area contributed by atoms with Crippen LogP contribution in [-0.4, -0.2) is 48.3 Å². The minimum Gasteiger partial charge on any atom is -0.448 e. The summed E-state index contributed by atoms with van der Waals surface area (Å²) >= 11 is 0. The molecule has 0 radical (unpaired) electrons. The van der Waals surface area contributed by atoms with E-state index in [1.165, 1.54) is 0 Å². The van der Waals surface area contributed by atoms with Crippen molar-refractivity contribution in [2.75, 3.05) is 26.2 Å². The van der Waals surface area contributed by atoms with Gasteiger partial charge in [0.2, 0.25) is 0 Å². The molecule has 22 heavy (non-hydrogen) atoms. The van der Waals surface area contributed by atoms with Gasteiger partial charge in [-0.15, -0.1) is 0 Å². The first-order valence-corrected chi connectivity index (χ1v) is 6.96. The molecule has 0 atom stereocenters. The summed E-state index contributed by atoms with van der Waals surface area (Å²) < 4.78 is 9.98. The Kier molecular flexibility index (Phi) is 4.04. The summed E-state index contributed by atoms with van der Waals surface area (Å²) in [6, 6.07) is 11.0. The molecule has 1 N–H and O–H groups in total. The molecule has 1 fully saturated rings. The molecule has 0 spiro atoms. The average molecular weight is 301 g/mol. The van der Waals surface area contributed by atoms with Crippen LogP contribution in [0.25, 0.3) is 11.3 Å². The zero-order chi connectivity index (χ0) is 15.4. The molecule has 0 saturated carbocycles. The van der Waals surface area contributed by atoms with Gasteiger partial charge in [-0.05, 0) is 0 Å². The van der Waals surface area contributed by atoms with Gasteiger partial charge in [0.25, 0.3) is 5.91 Å². The Balaban J connectivity index is 1.54. The number of hydrogen-bond acceptors (Lipinski definition) is 5. The van der Waals surface area contributed by atoms with Crippen molar-refractivity contribution in [1.82, 2.24) is 15.4 Å². The highest BCUT2D eigenvalue weighted by Gasteiger charge is 2.21. The van der Waals surface area contributed by atoms with Crippen molar-refractivity contribution in [3.63, 3.8) is 0 Å². The van der Waals surface area contributed by atoms with Crippen molar-refractivity contribution in [2.45, 2.75) is 0 Å². The van der Waals surface area contributed by atoms with Gasteiger partial charge in [0, 0.05) is 24.7 Å². The lowest BCUT2D eigenvalue weighted by Gasteiger charge is -2.12. The van der Waals surface area contributed by atoms with Gasteiger partial charge in [-0.3, -0.25) is 4.79 Å². The van der Waals surface area contributed by atoms with Crippen molar-refractivity contribution >= 4 is 12.0 Å². The van der Waals surface area contributed by atoms with Gasteiger partial charge in [-0.25, -0.2) is 4.79 Å². The minimum atomic E-state index is -0.345. The van der Waals surface area contributed by atoms with Crippen molar-refractivity contribution in [3.8, 4) is 11.3 Å². The van der Waals surface area contributed by atoms with Crippen LogP contribution < -0.4 is 5.32 Å². The second-order valence-corrected chi connectivity index (χ2v) is 4.80. The number of rotatable bonds is 5. The molecular weight excluding hydrogens is 286 g/mol. The molecule has 1 aromatic heterocycles. The third-order valence-corrected chi connectivity index (χ3v) is 3.31. The van der Waals surface area contributed by atoms with E-state index in [1.807, 2.05) is 30.3 Å². The minimum absolute atomic E-state index is 0.211. The van der Waals surface area contributed by atoms with Crippen molar-refractivity contribution in [2.24, 2.45) is 0 Å². The van der Waals surface area contributed by atoms with Gasteiger partial charge in [-0.1, -0.05) is 35.5 Å². The van der Waals surface area contributed by atoms with Gasteiger partial charge < -0.3 is 19.5 Å². The van der Waals surface area contributed by atoms with Gasteiger partial charge in [0.05, 0.1) is 6.54 Å². The topological polar surface area (TPSA) is 84.7 Å². The number of aromatic nitrogens is 1. The van der Waals surface area contributed by atoms with Gasteiger partial charge in [0.15, 0.2) is 11.5 Å². The van der Waals surface area contributed by atoms with E-state index >= 15 is 0 Å². The molecular formula is C15H15N3O4. The number of hydrogen-bond donors (Lipinski definition) is 1. The molecule has 0 aliphatic carbocycles. The Morgan fingerprint density at radius 1 is 1.32 bits per heavy atom. The van der Waals surface area contributed by atoms with E-state index in [4.69, 9.17) is 9.26 Å². The number of nitrogens with zero attached hydrogens (tertiary/aromatic N) is 2. The van der Waals surface area contributed by atoms with Crippen LogP contribution in [0.15, 0.2) is 40.9 Å². The summed E-state index contributed by atoms with van der Waals surface area (Å²) in [4.78, 5) is 24.8. The highest BCUT2D eigenvalue weighted by Crippen LogP contribution is 2.19. The third-order valence-electron chi connectivity index (χ3n) is 3.31. The standard InChI is InChI=1S/C15H15N3O4/c19-14(16-6-7-18-8-9-21-15(18)20)12-10-13(22-17-12)11-4-2-1-3-5-11/h1-5,10H,6-9H2,(H,16,19). The maximum absolute atomic E-state index is 12.0. The molecule has 2 heterocycles. The fraction of sp³-hybridized carbons (Fsp3) is 0.267. The van der Waals surface area contributed by atoms with Crippen LogP contribution >= 0.6 is 0 Å². The molecule has 114 valence electrons. The molecule has 7 nitrogen and oxygen atoms in total. The quantitative estimate of drug-likeness (QED) is 0.905. The summed E-state index contributed by atoms with van der Waals surface area (Å²) in [5, 5.41) is 6.47. The molecule has 0 unspecified atom stereocenters. The predicted molar refractivity (Wildman–Crippen MR) is 77.2 cm³/mol. The molecule has 1 saturated heterocycles. The zero-order valence-corrected chi connectivity index (χ0v) is 11.8. The largest absolute Gasteiger partial charge is 0.448 e. The highest BCUT2D eigenvalue weighted by molar-refractivity contribution is 5.93. The van der Waals surface area contributed by atoms with E-state index in [0.717, 1.165) is 5.56 Å². The van der Waals surface area contributed by atoms with E-state index in [2.05, 4.69) is 10.5 Å². The smallest absolute Gasteiger partial charge is 0.409 e. The number of carbonyl (C=O) groups excluding carboxylic acids is 2. The third kappa shape index (κ3) is 3.08. The summed E-state index contributed by atoms with van der Waals surface area (Å²) in [7, 11) is 0. The van der Waals surface area contributed by atoms with E-state index in [0.29, 0.717) is 32.0 Å². The van der Waals surface area contributed by atoms with Crippen LogP contribution in [0.5, 0.6) is 0 Å². The first-order chi connectivity index (χ1) is 10.7. The second-order valence-electron chi connectivity index (χ2n) is 4.80. The number of cyclic esters (lactones) is 1. The van der Waals surface area contributed by atoms with Crippen LogP contribution in [0.3, 0.4) is 0 Å². The Bertz CT molecular complexity index is 668. The summed E-state index contributed by atoms with van der Waals surface area (Å²) in [5.41, 5.74) is 1.07. The molecule has 2 aromatic rings. The van der Waals surface area contributed by atoms with Crippen LogP contribution in [0.1, 0.15) is 10.5 Å². The molecule has 1 aromatic carbocycles. The molecule has 7 heteroatoms. The Morgan fingerprint density at radius 2 is 2.14 bits per heavy atom. The summed E-state index contributed by atoms with van der Waals surface area (Å²) in [6.07, 6.45) is -0.345. The number of amides is 2. The molecule has 1 aliphatic heterocycles. The van der Waals surface area contributed by atoms with Crippen LogP contribution in [0.4, 0.5) is 4.79 Å². The zero-order valence-electron chi connectivity index (χ0n) is 11.8. The van der Waals surface area contributed by atoms with E-state index in [-0.39, 0.29) is 17.7 Å². The van der Waals surface area contributed by atoms with Crippen LogP contribution in [0.2, 0.25) is 0 Å². The molecule has 2 amide bonds. The van der Waals surface area contributed by atoms with E-state index < -0.39 is 0 Å². The lowest BCUT2D eigenvalue weighted by molar-refractivity contribution is 0.0940. The number of benzene rings is 1. The monoisotopic (exact) mass is 301 g/mol. The molecule has 3 rings (SSSR count). The lowest BCUT2D eigenvalue weighted by Crippen LogP contribution is -2.35. The fourth-order valence-electron chi connectivity index (χ4n) is 2.14. The molecule has 1 aliphatic rings. The van der Waals surface area contributed by atoms with E-state index in [9.17, 15) is 9.59 Å². The summed E-state index contributed by atoms with van der Waals surface area (Å²) in [5.74, 6) is 0.201. The SMILES string of the molecule is O=C(NCCN1CCOC1=O)c1cc(-c2ccccc2)on1. The van der Waals surface area contributed by atoms with Gasteiger partial charge in [-0.2, -0.15) is 0 Å². The maximum Gasteiger partial charge on any atom is 0.409 e. The Labute approximate surface area is 126 Å². The number of nitrogens with one attached hydrogen (secondary N) is 1. The summed E-state index contributed by atoms with van der Waals surface area (Å²) in [6.45, 7) is 1.70. The van der Waals surface area contributed by atoms with E-state index in [1.54, 1.807) is 11.0 Å². The fourth-order valence-corrected chi connectivity index (χ4v) is 2.14. The van der Waals surface area contributed by atoms with Crippen molar-refractivity contribution in [3.05, 3.63) is 42.1 Å². The molecule has 0 bridgehead atoms. The predicted octanol–water partition coefficient (Wildman–Crippen LogP) is 1.52. The first kappa shape index (κ1) is 14.1. The highest BCUT2D eigenvalue weighted by atomic mass is 16.6. The van der Waals surface area contributed by atoms with Gasteiger partial charge in [0.1, 0.15) is 6.61 Å². The van der Waals surface area contributed by atoms with Crippen LogP contribution in [-0.2, 0) is 4.74 Å². The average Bonchev–Trinajstić information content (AvgIpc) is 3.18. The number of ether oxygens (including phenoxy) is 1. The Morgan fingerprint density at radius 3 is 2.86 bits per heavy atom. The first-order valence-electron chi connectivity index (χ1n) is 6.96. The van der Waals surface area contributed by atoms with Crippen molar-refractivity contribution < 1.29 is 18.8 Å². The Hall–Kier alpha value is -2.83. The van der Waals surface area contributed by atoms with Crippen molar-refractivity contribution in [1.29, 1.82) is 0 Å².